The molecule has 0 bridgehead atoms. The summed E-state index contributed by atoms with van der Waals surface area (Å²) in [5.41, 5.74) is 0. The van der Waals surface area contributed by atoms with E-state index in [-0.39, 0.29) is 0 Å². The Kier molecular flexibility index (Phi) is 11.8. The molecule has 0 heterocycles. The SMILES string of the molecule is C/C=C\OCCC[Si](CCCO/C=C\C)(OC)OC. The first-order chi connectivity index (χ1) is 9.24. The van der Waals surface area contributed by atoms with Crippen LogP contribution in [0.5, 0.6) is 0 Å². The third-order valence-corrected chi connectivity index (χ3v) is 6.57. The van der Waals surface area contributed by atoms with Gasteiger partial charge in [-0.15, -0.1) is 0 Å². The van der Waals surface area contributed by atoms with E-state index < -0.39 is 8.56 Å². The van der Waals surface area contributed by atoms with Crippen molar-refractivity contribution in [1.82, 2.24) is 0 Å². The lowest BCUT2D eigenvalue weighted by atomic mass is 10.5. The zero-order chi connectivity index (χ0) is 14.4. The summed E-state index contributed by atoms with van der Waals surface area (Å²) in [7, 11) is 1.42. The Hall–Kier alpha value is -0.783. The van der Waals surface area contributed by atoms with Gasteiger partial charge < -0.3 is 18.3 Å². The van der Waals surface area contributed by atoms with Crippen LogP contribution in [0, 0.1) is 0 Å². The molecule has 0 aromatic rings. The van der Waals surface area contributed by atoms with Crippen LogP contribution in [0.3, 0.4) is 0 Å². The third kappa shape index (κ3) is 8.86. The second-order valence-electron chi connectivity index (χ2n) is 4.21. The highest BCUT2D eigenvalue weighted by molar-refractivity contribution is 6.67. The molecule has 0 aromatic heterocycles. The van der Waals surface area contributed by atoms with Crippen molar-refractivity contribution < 1.29 is 18.3 Å². The summed E-state index contributed by atoms with van der Waals surface area (Å²) in [6.45, 7) is 5.30. The zero-order valence-corrected chi connectivity index (χ0v) is 13.7. The summed E-state index contributed by atoms with van der Waals surface area (Å²) in [4.78, 5) is 0. The Bertz CT molecular complexity index is 228. The van der Waals surface area contributed by atoms with Gasteiger partial charge in [0.25, 0.3) is 0 Å². The Morgan fingerprint density at radius 1 is 0.789 bits per heavy atom. The maximum atomic E-state index is 5.67. The number of rotatable bonds is 12. The molecule has 0 aromatic carbocycles. The van der Waals surface area contributed by atoms with Crippen molar-refractivity contribution in [2.24, 2.45) is 0 Å². The Balaban J connectivity index is 3.96. The summed E-state index contributed by atoms with van der Waals surface area (Å²) in [5, 5.41) is 0. The van der Waals surface area contributed by atoms with Crippen molar-refractivity contribution in [1.29, 1.82) is 0 Å². The average Bonchev–Trinajstić information content (AvgIpc) is 2.45. The van der Waals surface area contributed by atoms with Crippen molar-refractivity contribution in [2.45, 2.75) is 38.8 Å². The van der Waals surface area contributed by atoms with Crippen molar-refractivity contribution >= 4 is 8.56 Å². The Labute approximate surface area is 118 Å². The van der Waals surface area contributed by atoms with Gasteiger partial charge in [0.05, 0.1) is 25.7 Å². The second kappa shape index (κ2) is 12.3. The maximum absolute atomic E-state index is 5.67. The second-order valence-corrected chi connectivity index (χ2v) is 7.84. The minimum atomic E-state index is -2.07. The van der Waals surface area contributed by atoms with Gasteiger partial charge in [-0.2, -0.15) is 0 Å². The third-order valence-electron chi connectivity index (χ3n) is 2.85. The lowest BCUT2D eigenvalue weighted by molar-refractivity contribution is 0.210. The van der Waals surface area contributed by atoms with E-state index in [0.29, 0.717) is 13.2 Å². The molecular weight excluding hydrogens is 260 g/mol. The highest BCUT2D eigenvalue weighted by atomic mass is 28.4. The van der Waals surface area contributed by atoms with Gasteiger partial charge in [0.15, 0.2) is 0 Å². The topological polar surface area (TPSA) is 36.9 Å². The van der Waals surface area contributed by atoms with Gasteiger partial charge in [0.2, 0.25) is 0 Å². The number of hydrogen-bond donors (Lipinski definition) is 0. The molecule has 19 heavy (non-hydrogen) atoms. The van der Waals surface area contributed by atoms with E-state index in [1.165, 1.54) is 0 Å². The summed E-state index contributed by atoms with van der Waals surface area (Å²) in [5.74, 6) is 0. The minimum absolute atomic E-state index is 0.709. The fourth-order valence-electron chi connectivity index (χ4n) is 1.79. The molecule has 0 atom stereocenters. The van der Waals surface area contributed by atoms with Crippen molar-refractivity contribution in [3.05, 3.63) is 24.7 Å². The summed E-state index contributed by atoms with van der Waals surface area (Å²) < 4.78 is 22.0. The standard InChI is InChI=1S/C14H28O4Si/c1-5-9-17-11-7-13-19(15-3,16-4)14-8-12-18-10-6-2/h5-6,9-10H,7-8,11-14H2,1-4H3/b9-5-,10-6-. The first-order valence-electron chi connectivity index (χ1n) is 6.80. The van der Waals surface area contributed by atoms with Crippen LogP contribution in [0.2, 0.25) is 12.1 Å². The largest absolute Gasteiger partial charge is 0.502 e. The fourth-order valence-corrected chi connectivity index (χ4v) is 4.39. The van der Waals surface area contributed by atoms with Gasteiger partial charge in [-0.25, -0.2) is 0 Å². The van der Waals surface area contributed by atoms with Crippen molar-refractivity contribution in [3.8, 4) is 0 Å². The van der Waals surface area contributed by atoms with Crippen LogP contribution < -0.4 is 0 Å². The van der Waals surface area contributed by atoms with E-state index in [4.69, 9.17) is 18.3 Å². The molecule has 0 fully saturated rings. The van der Waals surface area contributed by atoms with E-state index in [9.17, 15) is 0 Å². The molecule has 112 valence electrons. The van der Waals surface area contributed by atoms with Gasteiger partial charge in [-0.1, -0.05) is 12.2 Å². The molecule has 0 saturated heterocycles. The predicted octanol–water partition coefficient (Wildman–Crippen LogP) is 3.60. The lowest BCUT2D eigenvalue weighted by Crippen LogP contribution is -2.40. The smallest absolute Gasteiger partial charge is 0.337 e. The molecule has 0 rings (SSSR count). The van der Waals surface area contributed by atoms with Crippen LogP contribution in [0.15, 0.2) is 24.7 Å². The quantitative estimate of drug-likeness (QED) is 0.312. The molecule has 5 heteroatoms. The van der Waals surface area contributed by atoms with Crippen LogP contribution in [0.4, 0.5) is 0 Å². The highest BCUT2D eigenvalue weighted by Crippen LogP contribution is 2.21. The number of allylic oxidation sites excluding steroid dienone is 2. The molecule has 0 unspecified atom stereocenters. The van der Waals surface area contributed by atoms with Crippen molar-refractivity contribution in [3.63, 3.8) is 0 Å². The number of ether oxygens (including phenoxy) is 2. The molecule has 0 aliphatic heterocycles. The van der Waals surface area contributed by atoms with Crippen LogP contribution in [0.1, 0.15) is 26.7 Å². The predicted molar refractivity (Wildman–Crippen MR) is 80.2 cm³/mol. The van der Waals surface area contributed by atoms with Gasteiger partial charge in [0, 0.05) is 14.2 Å². The van der Waals surface area contributed by atoms with Crippen LogP contribution in [-0.4, -0.2) is 36.0 Å². The normalized spacial score (nSPS) is 12.4. The van der Waals surface area contributed by atoms with Crippen LogP contribution in [-0.2, 0) is 18.3 Å². The minimum Gasteiger partial charge on any atom is -0.502 e. The van der Waals surface area contributed by atoms with Gasteiger partial charge in [-0.3, -0.25) is 0 Å². The average molecular weight is 288 g/mol. The molecule has 0 saturated carbocycles. The molecule has 0 aliphatic rings. The first-order valence-corrected chi connectivity index (χ1v) is 9.03. The van der Waals surface area contributed by atoms with Crippen LogP contribution >= 0.6 is 0 Å². The Morgan fingerprint density at radius 3 is 1.53 bits per heavy atom. The molecule has 0 aliphatic carbocycles. The fraction of sp³-hybridized carbons (Fsp3) is 0.714. The van der Waals surface area contributed by atoms with Gasteiger partial charge >= 0.3 is 8.56 Å². The molecule has 4 nitrogen and oxygen atoms in total. The zero-order valence-electron chi connectivity index (χ0n) is 12.7. The van der Waals surface area contributed by atoms with E-state index in [2.05, 4.69) is 0 Å². The summed E-state index contributed by atoms with van der Waals surface area (Å²) in [6, 6.07) is 1.89. The van der Waals surface area contributed by atoms with E-state index in [1.807, 2.05) is 26.0 Å². The summed E-state index contributed by atoms with van der Waals surface area (Å²) >= 11 is 0. The first kappa shape index (κ1) is 18.2. The maximum Gasteiger partial charge on any atom is 0.337 e. The molecular formula is C14H28O4Si. The van der Waals surface area contributed by atoms with E-state index in [1.54, 1.807) is 26.7 Å². The molecule has 0 amide bonds. The lowest BCUT2D eigenvalue weighted by Gasteiger charge is -2.27. The molecule has 0 spiro atoms. The monoisotopic (exact) mass is 288 g/mol. The molecule has 0 N–H and O–H groups in total. The number of hydrogen-bond acceptors (Lipinski definition) is 4. The van der Waals surface area contributed by atoms with E-state index in [0.717, 1.165) is 24.9 Å². The van der Waals surface area contributed by atoms with Crippen molar-refractivity contribution in [2.75, 3.05) is 27.4 Å². The van der Waals surface area contributed by atoms with E-state index >= 15 is 0 Å². The molecule has 0 radical (unpaired) electrons. The van der Waals surface area contributed by atoms with Crippen LogP contribution in [0.25, 0.3) is 0 Å². The highest BCUT2D eigenvalue weighted by Gasteiger charge is 2.34. The Morgan fingerprint density at radius 2 is 1.21 bits per heavy atom. The van der Waals surface area contributed by atoms with Gasteiger partial charge in [0.1, 0.15) is 0 Å². The summed E-state index contributed by atoms with van der Waals surface area (Å²) in [6.07, 6.45) is 9.11. The van der Waals surface area contributed by atoms with Gasteiger partial charge in [-0.05, 0) is 38.8 Å².